The van der Waals surface area contributed by atoms with E-state index in [1.807, 2.05) is 29.6 Å². The van der Waals surface area contributed by atoms with Crippen molar-refractivity contribution in [1.82, 2.24) is 0 Å². The average molecular weight is 282 g/mol. The summed E-state index contributed by atoms with van der Waals surface area (Å²) in [6.45, 7) is 0. The number of sulfone groups is 1. The van der Waals surface area contributed by atoms with Gasteiger partial charge in [0.2, 0.25) is 0 Å². The molecule has 0 radical (unpaired) electrons. The van der Waals surface area contributed by atoms with E-state index < -0.39 is 9.84 Å². The fourth-order valence-corrected chi connectivity index (χ4v) is 3.46. The molecule has 0 amide bonds. The lowest BCUT2D eigenvalue weighted by atomic mass is 10.1. The molecule has 1 aromatic carbocycles. The second-order valence-corrected chi connectivity index (χ2v) is 7.47. The van der Waals surface area contributed by atoms with Crippen molar-refractivity contribution in [3.05, 3.63) is 35.2 Å². The number of ketones is 1. The van der Waals surface area contributed by atoms with Crippen LogP contribution in [0.25, 0.3) is 10.1 Å². The molecule has 0 aliphatic rings. The third-order valence-corrected chi connectivity index (χ3v) is 4.69. The van der Waals surface area contributed by atoms with E-state index in [1.54, 1.807) is 11.3 Å². The van der Waals surface area contributed by atoms with Crippen LogP contribution in [0.1, 0.15) is 23.2 Å². The number of Topliss-reactive ketones (excluding diaryl/α,β-unsaturated/α-hetero) is 1. The van der Waals surface area contributed by atoms with Gasteiger partial charge >= 0.3 is 0 Å². The lowest BCUT2D eigenvalue weighted by Gasteiger charge is -1.99. The van der Waals surface area contributed by atoms with E-state index in [0.717, 1.165) is 10.1 Å². The molecule has 0 fully saturated rings. The molecule has 2 rings (SSSR count). The van der Waals surface area contributed by atoms with Crippen molar-refractivity contribution >= 4 is 37.0 Å². The van der Waals surface area contributed by atoms with Crippen LogP contribution < -0.4 is 0 Å². The molecular formula is C13H14O3S2. The molecule has 0 aliphatic heterocycles. The molecule has 1 heterocycles. The van der Waals surface area contributed by atoms with E-state index in [9.17, 15) is 13.2 Å². The number of rotatable bonds is 5. The molecule has 0 saturated carbocycles. The smallest absolute Gasteiger partial charge is 0.164 e. The van der Waals surface area contributed by atoms with Crippen LogP contribution in [0.4, 0.5) is 0 Å². The van der Waals surface area contributed by atoms with E-state index in [-0.39, 0.29) is 18.0 Å². The van der Waals surface area contributed by atoms with Gasteiger partial charge in [0.15, 0.2) is 5.78 Å². The Morgan fingerprint density at radius 3 is 2.72 bits per heavy atom. The Labute approximate surface area is 110 Å². The first kappa shape index (κ1) is 13.2. The Balaban J connectivity index is 2.10. The summed E-state index contributed by atoms with van der Waals surface area (Å²) in [5, 5.41) is 2.82. The maximum absolute atomic E-state index is 12.0. The fourth-order valence-electron chi connectivity index (χ4n) is 1.82. The number of fused-ring (bicyclic) bond motifs is 1. The van der Waals surface area contributed by atoms with Crippen LogP contribution >= 0.6 is 11.3 Å². The van der Waals surface area contributed by atoms with Gasteiger partial charge in [-0.1, -0.05) is 18.2 Å². The molecule has 3 nitrogen and oxygen atoms in total. The van der Waals surface area contributed by atoms with Crippen molar-refractivity contribution < 1.29 is 13.2 Å². The van der Waals surface area contributed by atoms with Gasteiger partial charge in [0.05, 0.1) is 5.75 Å². The second kappa shape index (κ2) is 5.20. The second-order valence-electron chi connectivity index (χ2n) is 4.30. The first-order valence-electron chi connectivity index (χ1n) is 5.64. The molecular weight excluding hydrogens is 268 g/mol. The zero-order chi connectivity index (χ0) is 13.2. The third kappa shape index (κ3) is 3.17. The summed E-state index contributed by atoms with van der Waals surface area (Å²) in [4.78, 5) is 12.0. The molecule has 0 atom stereocenters. The van der Waals surface area contributed by atoms with Crippen LogP contribution in [-0.2, 0) is 9.84 Å². The highest BCUT2D eigenvalue weighted by Gasteiger charge is 2.12. The average Bonchev–Trinajstić information content (AvgIpc) is 2.70. The van der Waals surface area contributed by atoms with Crippen molar-refractivity contribution in [2.45, 2.75) is 12.8 Å². The summed E-state index contributed by atoms with van der Waals surface area (Å²) >= 11 is 1.54. The highest BCUT2D eigenvalue weighted by Crippen LogP contribution is 2.26. The fraction of sp³-hybridized carbons (Fsp3) is 0.308. The number of carbonyl (C=O) groups is 1. The summed E-state index contributed by atoms with van der Waals surface area (Å²) in [6, 6.07) is 7.75. The van der Waals surface area contributed by atoms with Crippen molar-refractivity contribution in [3.8, 4) is 0 Å². The van der Waals surface area contributed by atoms with E-state index in [0.29, 0.717) is 12.0 Å². The molecule has 0 N–H and O–H groups in total. The summed E-state index contributed by atoms with van der Waals surface area (Å²) < 4.78 is 23.1. The highest BCUT2D eigenvalue weighted by atomic mass is 32.2. The zero-order valence-corrected chi connectivity index (χ0v) is 11.7. The SMILES string of the molecule is CS(=O)(=O)CCCC(=O)c1csc2ccccc12. The molecule has 2 aromatic rings. The summed E-state index contributed by atoms with van der Waals surface area (Å²) in [5.74, 6) is 0.0944. The molecule has 96 valence electrons. The minimum absolute atomic E-state index is 0.0242. The van der Waals surface area contributed by atoms with Gasteiger partial charge in [-0.05, 0) is 12.5 Å². The van der Waals surface area contributed by atoms with Crippen molar-refractivity contribution in [3.63, 3.8) is 0 Å². The first-order chi connectivity index (χ1) is 8.47. The summed E-state index contributed by atoms with van der Waals surface area (Å²) in [6.07, 6.45) is 1.87. The Morgan fingerprint density at radius 1 is 1.28 bits per heavy atom. The van der Waals surface area contributed by atoms with Crippen molar-refractivity contribution in [1.29, 1.82) is 0 Å². The van der Waals surface area contributed by atoms with Gasteiger partial charge in [-0.3, -0.25) is 4.79 Å². The Hall–Kier alpha value is -1.20. The quantitative estimate of drug-likeness (QED) is 0.792. The predicted molar refractivity (Wildman–Crippen MR) is 75.1 cm³/mol. The van der Waals surface area contributed by atoms with Crippen LogP contribution in [0.15, 0.2) is 29.6 Å². The van der Waals surface area contributed by atoms with E-state index >= 15 is 0 Å². The normalized spacial score (nSPS) is 11.8. The van der Waals surface area contributed by atoms with Crippen LogP contribution in [-0.4, -0.2) is 26.2 Å². The topological polar surface area (TPSA) is 51.2 Å². The first-order valence-corrected chi connectivity index (χ1v) is 8.58. The van der Waals surface area contributed by atoms with E-state index in [2.05, 4.69) is 0 Å². The Morgan fingerprint density at radius 2 is 2.00 bits per heavy atom. The van der Waals surface area contributed by atoms with Gasteiger partial charge in [-0.2, -0.15) is 0 Å². The minimum Gasteiger partial charge on any atom is -0.294 e. The molecule has 0 aliphatic carbocycles. The standard InChI is InChI=1S/C13H14O3S2/c1-18(15,16)8-4-6-12(14)11-9-17-13-7-3-2-5-10(11)13/h2-3,5,7,9H,4,6,8H2,1H3. The maximum atomic E-state index is 12.0. The van der Waals surface area contributed by atoms with E-state index in [4.69, 9.17) is 0 Å². The van der Waals surface area contributed by atoms with Crippen molar-refractivity contribution in [2.75, 3.05) is 12.0 Å². The molecule has 0 unspecified atom stereocenters. The van der Waals surface area contributed by atoms with Gasteiger partial charge in [0.1, 0.15) is 9.84 Å². The van der Waals surface area contributed by atoms with Crippen LogP contribution in [0.5, 0.6) is 0 Å². The largest absolute Gasteiger partial charge is 0.294 e. The lowest BCUT2D eigenvalue weighted by molar-refractivity contribution is 0.0984. The van der Waals surface area contributed by atoms with Crippen molar-refractivity contribution in [2.24, 2.45) is 0 Å². The minimum atomic E-state index is -2.98. The number of carbonyl (C=O) groups excluding carboxylic acids is 1. The number of thiophene rings is 1. The summed E-state index contributed by atoms with van der Waals surface area (Å²) in [5.41, 5.74) is 0.712. The monoisotopic (exact) mass is 282 g/mol. The molecule has 0 saturated heterocycles. The van der Waals surface area contributed by atoms with Crippen LogP contribution in [0.3, 0.4) is 0 Å². The Kier molecular flexibility index (Phi) is 3.82. The van der Waals surface area contributed by atoms with Gasteiger partial charge < -0.3 is 0 Å². The number of hydrogen-bond donors (Lipinski definition) is 0. The van der Waals surface area contributed by atoms with E-state index in [1.165, 1.54) is 6.26 Å². The maximum Gasteiger partial charge on any atom is 0.164 e. The van der Waals surface area contributed by atoms with Crippen LogP contribution in [0.2, 0.25) is 0 Å². The van der Waals surface area contributed by atoms with Gasteiger partial charge in [-0.25, -0.2) is 8.42 Å². The molecule has 5 heteroatoms. The van der Waals surface area contributed by atoms with Gasteiger partial charge in [0.25, 0.3) is 0 Å². The zero-order valence-electron chi connectivity index (χ0n) is 10.0. The summed E-state index contributed by atoms with van der Waals surface area (Å²) in [7, 11) is -2.98. The molecule has 0 spiro atoms. The Bertz CT molecular complexity index is 668. The van der Waals surface area contributed by atoms with Gasteiger partial charge in [-0.15, -0.1) is 11.3 Å². The molecule has 0 bridgehead atoms. The molecule has 18 heavy (non-hydrogen) atoms. The molecule has 1 aromatic heterocycles. The number of benzene rings is 1. The van der Waals surface area contributed by atoms with Gasteiger partial charge in [0, 0.05) is 33.7 Å². The van der Waals surface area contributed by atoms with Crippen LogP contribution in [0, 0.1) is 0 Å². The highest BCUT2D eigenvalue weighted by molar-refractivity contribution is 7.90. The number of hydrogen-bond acceptors (Lipinski definition) is 4. The third-order valence-electron chi connectivity index (χ3n) is 2.70. The lowest BCUT2D eigenvalue weighted by Crippen LogP contribution is -2.06. The predicted octanol–water partition coefficient (Wildman–Crippen LogP) is 2.91.